The molecule has 0 heterocycles. The second-order valence-corrected chi connectivity index (χ2v) is 2.61. The monoisotopic (exact) mass is 181 g/mol. The molecule has 0 aromatic heterocycles. The molecule has 12 heavy (non-hydrogen) atoms. The fourth-order valence-electron chi connectivity index (χ4n) is 0.518. The van der Waals surface area contributed by atoms with Crippen molar-refractivity contribution in [2.75, 3.05) is 6.61 Å². The van der Waals surface area contributed by atoms with E-state index in [-0.39, 0.29) is 12.6 Å². The molecule has 0 atom stereocenters. The molecule has 0 unspecified atom stereocenters. The van der Waals surface area contributed by atoms with Crippen LogP contribution >= 0.6 is 0 Å². The lowest BCUT2D eigenvalue weighted by Crippen LogP contribution is -2.31. The van der Waals surface area contributed by atoms with Gasteiger partial charge in [0, 0.05) is 12.5 Å². The highest BCUT2D eigenvalue weighted by Gasteiger charge is 2.06. The molecular formula is C7H13F2NO2. The van der Waals surface area contributed by atoms with Crippen LogP contribution in [0.25, 0.3) is 0 Å². The molecule has 0 aromatic rings. The molecule has 72 valence electrons. The predicted octanol–water partition coefficient (Wildman–Crippen LogP) is 1.78. The number of hydrogen-bond donors (Lipinski definition) is 1. The number of nitrogens with one attached hydrogen (secondary N) is 1. The molecule has 5 heteroatoms. The first-order valence-electron chi connectivity index (χ1n) is 3.73. The van der Waals surface area contributed by atoms with Crippen LogP contribution in [0.5, 0.6) is 0 Å². The molecule has 0 aliphatic carbocycles. The van der Waals surface area contributed by atoms with Gasteiger partial charge < -0.3 is 10.1 Å². The molecule has 0 aliphatic rings. The van der Waals surface area contributed by atoms with Gasteiger partial charge >= 0.3 is 6.09 Å². The molecule has 1 N–H and O–H groups in total. The van der Waals surface area contributed by atoms with E-state index in [9.17, 15) is 13.6 Å². The Bertz CT molecular complexity index is 139. The number of halogens is 2. The maximum atomic E-state index is 11.5. The van der Waals surface area contributed by atoms with Gasteiger partial charge in [-0.15, -0.1) is 0 Å². The maximum Gasteiger partial charge on any atom is 0.407 e. The number of carbonyl (C=O) groups is 1. The van der Waals surface area contributed by atoms with Gasteiger partial charge in [0.15, 0.2) is 0 Å². The normalized spacial score (nSPS) is 10.5. The third-order valence-corrected chi connectivity index (χ3v) is 0.976. The number of alkyl carbamates (subject to hydrolysis) is 1. The summed E-state index contributed by atoms with van der Waals surface area (Å²) in [6.45, 7) is 3.28. The number of amides is 1. The molecular weight excluding hydrogens is 168 g/mol. The van der Waals surface area contributed by atoms with E-state index in [0.717, 1.165) is 0 Å². The van der Waals surface area contributed by atoms with E-state index < -0.39 is 18.9 Å². The lowest BCUT2D eigenvalue weighted by atomic mass is 10.4. The minimum Gasteiger partial charge on any atom is -0.449 e. The molecule has 0 saturated carbocycles. The first-order valence-corrected chi connectivity index (χ1v) is 3.73. The largest absolute Gasteiger partial charge is 0.449 e. The van der Waals surface area contributed by atoms with Gasteiger partial charge in [-0.1, -0.05) is 0 Å². The Morgan fingerprint density at radius 3 is 2.50 bits per heavy atom. The van der Waals surface area contributed by atoms with Crippen LogP contribution in [0.1, 0.15) is 20.3 Å². The SMILES string of the molecule is CC(C)NC(=O)OCCC(F)F. The van der Waals surface area contributed by atoms with Crippen molar-refractivity contribution < 1.29 is 18.3 Å². The van der Waals surface area contributed by atoms with Crippen molar-refractivity contribution >= 4 is 6.09 Å². The van der Waals surface area contributed by atoms with E-state index in [1.54, 1.807) is 13.8 Å². The number of carbonyl (C=O) groups excluding carboxylic acids is 1. The highest BCUT2D eigenvalue weighted by Crippen LogP contribution is 1.98. The van der Waals surface area contributed by atoms with E-state index in [0.29, 0.717) is 0 Å². The average molecular weight is 181 g/mol. The first kappa shape index (κ1) is 11.1. The minimum absolute atomic E-state index is 0.0379. The van der Waals surface area contributed by atoms with Crippen LogP contribution in [0.4, 0.5) is 13.6 Å². The number of ether oxygens (including phenoxy) is 1. The predicted molar refractivity (Wildman–Crippen MR) is 40.2 cm³/mol. The van der Waals surface area contributed by atoms with Crippen LogP contribution in [0, 0.1) is 0 Å². The Hall–Kier alpha value is -0.870. The molecule has 0 fully saturated rings. The van der Waals surface area contributed by atoms with E-state index in [4.69, 9.17) is 0 Å². The molecule has 0 aliphatic heterocycles. The molecule has 0 rings (SSSR count). The van der Waals surface area contributed by atoms with Crippen molar-refractivity contribution in [1.82, 2.24) is 5.32 Å². The summed E-state index contributed by atoms with van der Waals surface area (Å²) in [6, 6.07) is -0.0379. The summed E-state index contributed by atoms with van der Waals surface area (Å²) in [5, 5.41) is 2.41. The third-order valence-electron chi connectivity index (χ3n) is 0.976. The van der Waals surface area contributed by atoms with Gasteiger partial charge in [-0.25, -0.2) is 13.6 Å². The fourth-order valence-corrected chi connectivity index (χ4v) is 0.518. The Morgan fingerprint density at radius 2 is 2.08 bits per heavy atom. The van der Waals surface area contributed by atoms with Crippen LogP contribution in [0.15, 0.2) is 0 Å². The van der Waals surface area contributed by atoms with Crippen LogP contribution in [0.3, 0.4) is 0 Å². The van der Waals surface area contributed by atoms with Crippen molar-refractivity contribution in [3.8, 4) is 0 Å². The summed E-state index contributed by atoms with van der Waals surface area (Å²) in [6.07, 6.45) is -3.48. The highest BCUT2D eigenvalue weighted by molar-refractivity contribution is 5.67. The van der Waals surface area contributed by atoms with Gasteiger partial charge in [0.25, 0.3) is 0 Å². The van der Waals surface area contributed by atoms with Crippen molar-refractivity contribution in [2.24, 2.45) is 0 Å². The number of hydrogen-bond acceptors (Lipinski definition) is 2. The van der Waals surface area contributed by atoms with Crippen LogP contribution < -0.4 is 5.32 Å². The van der Waals surface area contributed by atoms with Crippen molar-refractivity contribution in [1.29, 1.82) is 0 Å². The molecule has 0 bridgehead atoms. The van der Waals surface area contributed by atoms with Gasteiger partial charge in [-0.2, -0.15) is 0 Å². The van der Waals surface area contributed by atoms with Crippen LogP contribution in [-0.4, -0.2) is 25.2 Å². The van der Waals surface area contributed by atoms with Crippen molar-refractivity contribution in [2.45, 2.75) is 32.7 Å². The van der Waals surface area contributed by atoms with Crippen LogP contribution in [-0.2, 0) is 4.74 Å². The Labute approximate surface area is 70.1 Å². The summed E-state index contributed by atoms with van der Waals surface area (Å²) in [4.78, 5) is 10.7. The number of rotatable bonds is 4. The lowest BCUT2D eigenvalue weighted by Gasteiger charge is -2.08. The molecule has 3 nitrogen and oxygen atoms in total. The zero-order valence-electron chi connectivity index (χ0n) is 7.14. The second kappa shape index (κ2) is 5.74. The Balaban J connectivity index is 3.32. The standard InChI is InChI=1S/C7H13F2NO2/c1-5(2)10-7(11)12-4-3-6(8)9/h5-6H,3-4H2,1-2H3,(H,10,11). The van der Waals surface area contributed by atoms with E-state index in [2.05, 4.69) is 10.1 Å². The summed E-state index contributed by atoms with van der Waals surface area (Å²) in [5.74, 6) is 0. The zero-order valence-corrected chi connectivity index (χ0v) is 7.14. The highest BCUT2D eigenvalue weighted by atomic mass is 19.3. The van der Waals surface area contributed by atoms with Gasteiger partial charge in [0.1, 0.15) is 0 Å². The summed E-state index contributed by atoms with van der Waals surface area (Å²) >= 11 is 0. The van der Waals surface area contributed by atoms with E-state index >= 15 is 0 Å². The maximum absolute atomic E-state index is 11.5. The summed E-state index contributed by atoms with van der Waals surface area (Å²) < 4.78 is 27.5. The van der Waals surface area contributed by atoms with Gasteiger partial charge in [0.2, 0.25) is 6.43 Å². The quantitative estimate of drug-likeness (QED) is 0.717. The molecule has 0 aromatic carbocycles. The molecule has 0 spiro atoms. The second-order valence-electron chi connectivity index (χ2n) is 2.61. The summed E-state index contributed by atoms with van der Waals surface area (Å²) in [7, 11) is 0. The molecule has 0 saturated heterocycles. The summed E-state index contributed by atoms with van der Waals surface area (Å²) in [5.41, 5.74) is 0. The minimum atomic E-state index is -2.42. The number of alkyl halides is 2. The average Bonchev–Trinajstić information content (AvgIpc) is 1.84. The van der Waals surface area contributed by atoms with Crippen LogP contribution in [0.2, 0.25) is 0 Å². The zero-order chi connectivity index (χ0) is 9.56. The van der Waals surface area contributed by atoms with Gasteiger partial charge in [-0.3, -0.25) is 0 Å². The topological polar surface area (TPSA) is 38.3 Å². The fraction of sp³-hybridized carbons (Fsp3) is 0.857. The Morgan fingerprint density at radius 1 is 1.50 bits per heavy atom. The smallest absolute Gasteiger partial charge is 0.407 e. The van der Waals surface area contributed by atoms with Gasteiger partial charge in [0.05, 0.1) is 6.61 Å². The first-order chi connectivity index (χ1) is 5.52. The molecule has 1 amide bonds. The van der Waals surface area contributed by atoms with Crippen molar-refractivity contribution in [3.63, 3.8) is 0 Å². The third kappa shape index (κ3) is 7.24. The van der Waals surface area contributed by atoms with E-state index in [1.807, 2.05) is 0 Å². The van der Waals surface area contributed by atoms with Crippen molar-refractivity contribution in [3.05, 3.63) is 0 Å². The van der Waals surface area contributed by atoms with Gasteiger partial charge in [-0.05, 0) is 13.8 Å². The Kier molecular flexibility index (Phi) is 5.32. The molecule has 0 radical (unpaired) electrons. The lowest BCUT2D eigenvalue weighted by molar-refractivity contribution is 0.0885. The van der Waals surface area contributed by atoms with E-state index in [1.165, 1.54) is 0 Å².